The van der Waals surface area contributed by atoms with Gasteiger partial charge in [0, 0.05) is 16.4 Å². The van der Waals surface area contributed by atoms with Crippen molar-refractivity contribution in [2.75, 3.05) is 25.5 Å². The molecule has 0 spiro atoms. The molecule has 2 heterocycles. The Hall–Kier alpha value is -1.63. The fourth-order valence-electron chi connectivity index (χ4n) is 2.56. The van der Waals surface area contributed by atoms with Crippen molar-refractivity contribution in [3.05, 3.63) is 29.1 Å². The normalized spacial score (nSPS) is 15.1. The van der Waals surface area contributed by atoms with Gasteiger partial charge in [0.25, 0.3) is 0 Å². The van der Waals surface area contributed by atoms with Crippen LogP contribution in [0.4, 0.5) is 5.13 Å². The highest BCUT2D eigenvalue weighted by molar-refractivity contribution is 7.16. The number of thiazole rings is 1. The Morgan fingerprint density at radius 1 is 1.38 bits per heavy atom. The van der Waals surface area contributed by atoms with Gasteiger partial charge >= 0.3 is 0 Å². The number of carbonyl (C=O) groups is 1. The van der Waals surface area contributed by atoms with Gasteiger partial charge in [-0.25, -0.2) is 4.98 Å². The van der Waals surface area contributed by atoms with Gasteiger partial charge in [-0.15, -0.1) is 23.7 Å². The third kappa shape index (κ3) is 3.88. The van der Waals surface area contributed by atoms with Gasteiger partial charge in [-0.2, -0.15) is 0 Å². The number of nitrogens with one attached hydrogen (secondary N) is 2. The van der Waals surface area contributed by atoms with Crippen LogP contribution < -0.4 is 15.4 Å². The van der Waals surface area contributed by atoms with E-state index in [0.29, 0.717) is 11.0 Å². The fraction of sp³-hybridized carbons (Fsp3) is 0.412. The van der Waals surface area contributed by atoms with Crippen molar-refractivity contribution in [2.45, 2.75) is 13.8 Å². The summed E-state index contributed by atoms with van der Waals surface area (Å²) in [5.41, 5.74) is 1.93. The van der Waals surface area contributed by atoms with Crippen molar-refractivity contribution in [3.8, 4) is 17.0 Å². The zero-order valence-electron chi connectivity index (χ0n) is 14.0. The maximum absolute atomic E-state index is 12.3. The summed E-state index contributed by atoms with van der Waals surface area (Å²) in [7, 11) is 1.65. The number of nitrogens with zero attached hydrogens (tertiary/aromatic N) is 1. The van der Waals surface area contributed by atoms with Crippen molar-refractivity contribution in [1.82, 2.24) is 10.3 Å². The molecule has 1 aliphatic heterocycles. The topological polar surface area (TPSA) is 63.2 Å². The molecule has 1 fully saturated rings. The predicted octanol–water partition coefficient (Wildman–Crippen LogP) is 3.34. The molecule has 24 heavy (non-hydrogen) atoms. The Balaban J connectivity index is 0.00000208. The molecule has 1 aromatic heterocycles. The van der Waals surface area contributed by atoms with Crippen LogP contribution in [0, 0.1) is 18.8 Å². The Labute approximate surface area is 152 Å². The van der Waals surface area contributed by atoms with Crippen molar-refractivity contribution in [3.63, 3.8) is 0 Å². The molecule has 1 unspecified atom stereocenters. The van der Waals surface area contributed by atoms with E-state index in [1.54, 1.807) is 7.11 Å². The maximum Gasteiger partial charge on any atom is 0.229 e. The highest BCUT2D eigenvalue weighted by atomic mass is 35.5. The minimum atomic E-state index is 0. The summed E-state index contributed by atoms with van der Waals surface area (Å²) in [5.74, 6) is 1.30. The Morgan fingerprint density at radius 2 is 2.04 bits per heavy atom. The molecule has 0 radical (unpaired) electrons. The highest BCUT2D eigenvalue weighted by Gasteiger charge is 2.29. The molecule has 3 rings (SSSR count). The maximum atomic E-state index is 12.3. The predicted molar refractivity (Wildman–Crippen MR) is 100 cm³/mol. The Kier molecular flexibility index (Phi) is 6.21. The van der Waals surface area contributed by atoms with E-state index < -0.39 is 0 Å². The first-order valence-corrected chi connectivity index (χ1v) is 8.53. The lowest BCUT2D eigenvalue weighted by Gasteiger charge is -2.31. The lowest BCUT2D eigenvalue weighted by Crippen LogP contribution is -2.48. The number of methoxy groups -OCH3 is 1. The highest BCUT2D eigenvalue weighted by Crippen LogP contribution is 2.31. The van der Waals surface area contributed by atoms with E-state index in [4.69, 9.17) is 4.74 Å². The molecule has 1 aliphatic rings. The zero-order valence-corrected chi connectivity index (χ0v) is 15.6. The van der Waals surface area contributed by atoms with Crippen LogP contribution in [0.5, 0.6) is 5.75 Å². The summed E-state index contributed by atoms with van der Waals surface area (Å²) in [5, 5.41) is 6.83. The number of aryl methyl sites for hydroxylation is 1. The molecule has 130 valence electrons. The summed E-state index contributed by atoms with van der Waals surface area (Å²) in [4.78, 5) is 18.0. The van der Waals surface area contributed by atoms with E-state index >= 15 is 0 Å². The second kappa shape index (κ2) is 7.96. The van der Waals surface area contributed by atoms with Crippen molar-refractivity contribution in [2.24, 2.45) is 11.8 Å². The lowest BCUT2D eigenvalue weighted by atomic mass is 9.88. The monoisotopic (exact) mass is 367 g/mol. The molecule has 1 saturated heterocycles. The number of rotatable bonds is 5. The molecule has 1 amide bonds. The number of carbonyl (C=O) groups excluding carboxylic acids is 1. The first-order valence-electron chi connectivity index (χ1n) is 7.72. The van der Waals surface area contributed by atoms with Crippen molar-refractivity contribution < 1.29 is 9.53 Å². The van der Waals surface area contributed by atoms with Crippen LogP contribution in [-0.2, 0) is 4.79 Å². The summed E-state index contributed by atoms with van der Waals surface area (Å²) in [6, 6.07) is 7.79. The molecule has 7 heteroatoms. The first-order chi connectivity index (χ1) is 11.1. The molecule has 5 nitrogen and oxygen atoms in total. The van der Waals surface area contributed by atoms with Crippen LogP contribution in [0.1, 0.15) is 11.8 Å². The van der Waals surface area contributed by atoms with Crippen LogP contribution in [0.25, 0.3) is 11.3 Å². The minimum Gasteiger partial charge on any atom is -0.497 e. The average molecular weight is 368 g/mol. The molecule has 2 N–H and O–H groups in total. The van der Waals surface area contributed by atoms with E-state index in [1.165, 1.54) is 11.3 Å². The number of anilines is 1. The summed E-state index contributed by atoms with van der Waals surface area (Å²) in [6.45, 7) is 5.84. The van der Waals surface area contributed by atoms with E-state index in [2.05, 4.69) is 15.6 Å². The quantitative estimate of drug-likeness (QED) is 0.850. The molecule has 1 aromatic carbocycles. The number of amides is 1. The largest absolute Gasteiger partial charge is 0.497 e. The SMILES string of the molecule is COc1ccc(-c2nc(NC(=O)C(C)C3CNC3)sc2C)cc1.Cl. The summed E-state index contributed by atoms with van der Waals surface area (Å²) >= 11 is 1.51. The smallest absolute Gasteiger partial charge is 0.229 e. The van der Waals surface area contributed by atoms with Crippen LogP contribution in [0.15, 0.2) is 24.3 Å². The number of benzene rings is 1. The van der Waals surface area contributed by atoms with Gasteiger partial charge < -0.3 is 15.4 Å². The second-order valence-electron chi connectivity index (χ2n) is 5.85. The number of hydrogen-bond acceptors (Lipinski definition) is 5. The molecular formula is C17H22ClN3O2S. The lowest BCUT2D eigenvalue weighted by molar-refractivity contribution is -0.121. The summed E-state index contributed by atoms with van der Waals surface area (Å²) < 4.78 is 5.18. The number of halogens is 1. The number of ether oxygens (including phenoxy) is 1. The van der Waals surface area contributed by atoms with Crippen molar-refractivity contribution >= 4 is 34.8 Å². The standard InChI is InChI=1S/C17H21N3O2S.ClH/c1-10(13-8-18-9-13)16(21)20-17-19-15(11(2)23-17)12-4-6-14(22-3)7-5-12;/h4-7,10,13,18H,8-9H2,1-3H3,(H,19,20,21);1H. The first kappa shape index (κ1) is 18.7. The van der Waals surface area contributed by atoms with Gasteiger partial charge in [-0.1, -0.05) is 6.92 Å². The van der Waals surface area contributed by atoms with Crippen LogP contribution in [0.2, 0.25) is 0 Å². The molecule has 0 aliphatic carbocycles. The molecule has 2 aromatic rings. The Bertz CT molecular complexity index is 698. The van der Waals surface area contributed by atoms with E-state index in [1.807, 2.05) is 38.1 Å². The van der Waals surface area contributed by atoms with Crippen LogP contribution in [0.3, 0.4) is 0 Å². The van der Waals surface area contributed by atoms with Gasteiger partial charge in [-0.05, 0) is 50.2 Å². The van der Waals surface area contributed by atoms with E-state index in [-0.39, 0.29) is 24.2 Å². The zero-order chi connectivity index (χ0) is 16.4. The third-order valence-corrected chi connectivity index (χ3v) is 5.21. The molecule has 0 saturated carbocycles. The number of aromatic nitrogens is 1. The summed E-state index contributed by atoms with van der Waals surface area (Å²) in [6.07, 6.45) is 0. The molecule has 1 atom stereocenters. The third-order valence-electron chi connectivity index (χ3n) is 4.32. The van der Waals surface area contributed by atoms with Gasteiger partial charge in [0.2, 0.25) is 5.91 Å². The average Bonchev–Trinajstić information content (AvgIpc) is 2.86. The fourth-order valence-corrected chi connectivity index (χ4v) is 3.40. The van der Waals surface area contributed by atoms with Gasteiger partial charge in [0.05, 0.1) is 12.8 Å². The van der Waals surface area contributed by atoms with Crippen LogP contribution in [-0.4, -0.2) is 31.1 Å². The minimum absolute atomic E-state index is 0. The van der Waals surface area contributed by atoms with Gasteiger partial charge in [-0.3, -0.25) is 4.79 Å². The Morgan fingerprint density at radius 3 is 2.58 bits per heavy atom. The number of hydrogen-bond donors (Lipinski definition) is 2. The second-order valence-corrected chi connectivity index (χ2v) is 7.05. The van der Waals surface area contributed by atoms with Gasteiger partial charge in [0.1, 0.15) is 5.75 Å². The van der Waals surface area contributed by atoms with E-state index in [0.717, 1.165) is 35.0 Å². The van der Waals surface area contributed by atoms with Crippen LogP contribution >= 0.6 is 23.7 Å². The van der Waals surface area contributed by atoms with Crippen molar-refractivity contribution in [1.29, 1.82) is 0 Å². The molecular weight excluding hydrogens is 346 g/mol. The van der Waals surface area contributed by atoms with Gasteiger partial charge in [0.15, 0.2) is 5.13 Å². The molecule has 0 bridgehead atoms. The van der Waals surface area contributed by atoms with E-state index in [9.17, 15) is 4.79 Å².